The Balaban J connectivity index is 1.91. The molecule has 0 fully saturated rings. The summed E-state index contributed by atoms with van der Waals surface area (Å²) in [7, 11) is 0. The lowest BCUT2D eigenvalue weighted by molar-refractivity contribution is 0.00980. The summed E-state index contributed by atoms with van der Waals surface area (Å²) < 4.78 is 40.6. The fraction of sp³-hybridized carbons (Fsp3) is 0.238. The number of para-hydroxylation sites is 1. The van der Waals surface area contributed by atoms with E-state index in [1.165, 1.54) is 6.92 Å². The van der Waals surface area contributed by atoms with E-state index in [9.17, 15) is 13.2 Å². The number of halogens is 3. The highest BCUT2D eigenvalue weighted by Crippen LogP contribution is 2.35. The zero-order valence-electron chi connectivity index (χ0n) is 14.2. The molecule has 0 saturated carbocycles. The van der Waals surface area contributed by atoms with Gasteiger partial charge in [-0.2, -0.15) is 0 Å². The molecule has 26 heavy (non-hydrogen) atoms. The average molecular weight is 354 g/mol. The predicted octanol–water partition coefficient (Wildman–Crippen LogP) is 4.99. The van der Waals surface area contributed by atoms with Crippen molar-refractivity contribution >= 4 is 16.6 Å². The summed E-state index contributed by atoms with van der Waals surface area (Å²) in [5, 5.41) is 0.920. The molecule has 1 aliphatic rings. The van der Waals surface area contributed by atoms with Crippen LogP contribution < -0.4 is 0 Å². The van der Waals surface area contributed by atoms with Crippen molar-refractivity contribution in [2.24, 2.45) is 4.99 Å². The Morgan fingerprint density at radius 3 is 2.54 bits per heavy atom. The number of nitrogens with zero attached hydrogens (tertiary/aromatic N) is 2. The summed E-state index contributed by atoms with van der Waals surface area (Å²) in [5.74, 6) is 0. The van der Waals surface area contributed by atoms with E-state index in [2.05, 4.69) is 9.98 Å². The molecule has 1 aromatic heterocycles. The highest BCUT2D eigenvalue weighted by molar-refractivity contribution is 6.15. The Bertz CT molecular complexity index is 999. The largest absolute Gasteiger partial charge is 0.274 e. The van der Waals surface area contributed by atoms with Gasteiger partial charge in [0.25, 0.3) is 6.43 Å². The Morgan fingerprint density at radius 2 is 1.73 bits per heavy atom. The molecular weight excluding hydrogens is 337 g/mol. The fourth-order valence-electron chi connectivity index (χ4n) is 3.50. The standard InChI is InChI=1S/C21H17F3N2/c1-21(19(22)20(23)24)11-14-7-2-4-8-16(14)18(26-21)15-10-13-6-3-5-9-17(13)25-12-15/h2-10,12,19-20H,11H2,1H3. The van der Waals surface area contributed by atoms with Gasteiger partial charge >= 0.3 is 0 Å². The van der Waals surface area contributed by atoms with E-state index in [0.29, 0.717) is 11.3 Å². The SMILES string of the molecule is CC1(C(F)C(F)F)Cc2ccccc2C(c2cnc3ccccc3c2)=N1. The number of benzene rings is 2. The fourth-order valence-corrected chi connectivity index (χ4v) is 3.50. The highest BCUT2D eigenvalue weighted by atomic mass is 19.3. The van der Waals surface area contributed by atoms with Gasteiger partial charge in [-0.3, -0.25) is 9.98 Å². The summed E-state index contributed by atoms with van der Waals surface area (Å²) in [6.45, 7) is 1.45. The minimum atomic E-state index is -3.08. The van der Waals surface area contributed by atoms with Gasteiger partial charge in [-0.25, -0.2) is 13.2 Å². The van der Waals surface area contributed by atoms with Gasteiger partial charge in [-0.15, -0.1) is 0 Å². The maximum atomic E-state index is 14.4. The van der Waals surface area contributed by atoms with Gasteiger partial charge in [0.1, 0.15) is 0 Å². The number of aromatic nitrogens is 1. The minimum Gasteiger partial charge on any atom is -0.274 e. The van der Waals surface area contributed by atoms with Crippen LogP contribution in [0.15, 0.2) is 65.8 Å². The van der Waals surface area contributed by atoms with E-state index < -0.39 is 18.1 Å². The lowest BCUT2D eigenvalue weighted by Gasteiger charge is -2.34. The van der Waals surface area contributed by atoms with Crippen molar-refractivity contribution in [3.63, 3.8) is 0 Å². The summed E-state index contributed by atoms with van der Waals surface area (Å²) in [6.07, 6.45) is -3.61. The molecule has 0 saturated heterocycles. The quantitative estimate of drug-likeness (QED) is 0.650. The van der Waals surface area contributed by atoms with E-state index in [4.69, 9.17) is 0 Å². The Kier molecular flexibility index (Phi) is 4.02. The van der Waals surface area contributed by atoms with Crippen molar-refractivity contribution < 1.29 is 13.2 Å². The van der Waals surface area contributed by atoms with E-state index in [-0.39, 0.29) is 6.42 Å². The molecule has 0 N–H and O–H groups in total. The first-order valence-corrected chi connectivity index (χ1v) is 8.43. The third kappa shape index (κ3) is 2.77. The summed E-state index contributed by atoms with van der Waals surface area (Å²) in [5.41, 5.74) is 2.18. The molecule has 0 bridgehead atoms. The second kappa shape index (κ2) is 6.24. The summed E-state index contributed by atoms with van der Waals surface area (Å²) in [4.78, 5) is 8.91. The molecule has 1 aliphatic heterocycles. The second-order valence-corrected chi connectivity index (χ2v) is 6.80. The van der Waals surface area contributed by atoms with Crippen molar-refractivity contribution in [3.05, 3.63) is 77.5 Å². The molecule has 2 unspecified atom stereocenters. The first kappa shape index (κ1) is 16.8. The van der Waals surface area contributed by atoms with Crippen molar-refractivity contribution in [2.45, 2.75) is 31.5 Å². The van der Waals surface area contributed by atoms with Crippen LogP contribution in [-0.4, -0.2) is 28.8 Å². The molecule has 3 aromatic rings. The monoisotopic (exact) mass is 354 g/mol. The Morgan fingerprint density at radius 1 is 1.00 bits per heavy atom. The molecule has 4 rings (SSSR count). The van der Waals surface area contributed by atoms with Crippen LogP contribution in [0.1, 0.15) is 23.6 Å². The van der Waals surface area contributed by atoms with Gasteiger partial charge < -0.3 is 0 Å². The molecule has 2 aromatic carbocycles. The number of rotatable bonds is 3. The number of aliphatic imine (C=N–C) groups is 1. The first-order chi connectivity index (χ1) is 12.5. The molecule has 2 nitrogen and oxygen atoms in total. The van der Waals surface area contributed by atoms with E-state index in [0.717, 1.165) is 22.0 Å². The summed E-state index contributed by atoms with van der Waals surface area (Å²) in [6, 6.07) is 17.0. The molecule has 2 heterocycles. The van der Waals surface area contributed by atoms with E-state index >= 15 is 0 Å². The third-order valence-electron chi connectivity index (χ3n) is 4.87. The van der Waals surface area contributed by atoms with Crippen LogP contribution in [0.2, 0.25) is 0 Å². The van der Waals surface area contributed by atoms with Crippen LogP contribution >= 0.6 is 0 Å². The Labute approximate surface area is 149 Å². The molecule has 0 aliphatic carbocycles. The van der Waals surface area contributed by atoms with Gasteiger partial charge in [0.2, 0.25) is 0 Å². The van der Waals surface area contributed by atoms with Gasteiger partial charge in [0, 0.05) is 29.1 Å². The van der Waals surface area contributed by atoms with Crippen LogP contribution in [0.5, 0.6) is 0 Å². The van der Waals surface area contributed by atoms with Gasteiger partial charge in [-0.1, -0.05) is 42.5 Å². The number of fused-ring (bicyclic) bond motifs is 2. The molecule has 5 heteroatoms. The molecule has 2 atom stereocenters. The number of hydrogen-bond donors (Lipinski definition) is 0. The van der Waals surface area contributed by atoms with Crippen molar-refractivity contribution in [3.8, 4) is 0 Å². The zero-order valence-corrected chi connectivity index (χ0v) is 14.2. The summed E-state index contributed by atoms with van der Waals surface area (Å²) >= 11 is 0. The van der Waals surface area contributed by atoms with Crippen LogP contribution in [0.4, 0.5) is 13.2 Å². The van der Waals surface area contributed by atoms with Crippen LogP contribution in [0.3, 0.4) is 0 Å². The van der Waals surface area contributed by atoms with Crippen molar-refractivity contribution in [1.29, 1.82) is 0 Å². The second-order valence-electron chi connectivity index (χ2n) is 6.80. The third-order valence-corrected chi connectivity index (χ3v) is 4.87. The van der Waals surface area contributed by atoms with Crippen LogP contribution in [0.25, 0.3) is 10.9 Å². The normalized spacial score (nSPS) is 20.7. The number of alkyl halides is 3. The van der Waals surface area contributed by atoms with Gasteiger partial charge in [0.15, 0.2) is 6.17 Å². The lowest BCUT2D eigenvalue weighted by Crippen LogP contribution is -2.44. The minimum absolute atomic E-state index is 0.138. The Hall–Kier alpha value is -2.69. The molecule has 132 valence electrons. The maximum absolute atomic E-state index is 14.4. The van der Waals surface area contributed by atoms with Crippen molar-refractivity contribution in [2.75, 3.05) is 0 Å². The molecular formula is C21H17F3N2. The van der Waals surface area contributed by atoms with E-state index in [1.54, 1.807) is 6.20 Å². The molecule has 0 radical (unpaired) electrons. The zero-order chi connectivity index (χ0) is 18.3. The topological polar surface area (TPSA) is 25.2 Å². The predicted molar refractivity (Wildman–Crippen MR) is 96.8 cm³/mol. The van der Waals surface area contributed by atoms with E-state index in [1.807, 2.05) is 54.6 Å². The average Bonchev–Trinajstić information content (AvgIpc) is 2.66. The highest BCUT2D eigenvalue weighted by Gasteiger charge is 2.43. The van der Waals surface area contributed by atoms with Gasteiger partial charge in [0.05, 0.1) is 16.8 Å². The maximum Gasteiger partial charge on any atom is 0.271 e. The lowest BCUT2D eigenvalue weighted by atomic mass is 9.81. The van der Waals surface area contributed by atoms with Crippen LogP contribution in [-0.2, 0) is 6.42 Å². The van der Waals surface area contributed by atoms with Crippen LogP contribution in [0, 0.1) is 0 Å². The number of pyridine rings is 1. The van der Waals surface area contributed by atoms with Gasteiger partial charge in [-0.05, 0) is 24.6 Å². The molecule has 0 amide bonds. The first-order valence-electron chi connectivity index (χ1n) is 8.43. The smallest absolute Gasteiger partial charge is 0.271 e. The molecule has 0 spiro atoms. The number of hydrogen-bond acceptors (Lipinski definition) is 2. The van der Waals surface area contributed by atoms with Crippen molar-refractivity contribution in [1.82, 2.24) is 4.98 Å².